The van der Waals surface area contributed by atoms with Crippen LogP contribution in [0.15, 0.2) is 48.5 Å². The van der Waals surface area contributed by atoms with E-state index in [4.69, 9.17) is 16.3 Å². The number of imidazole rings is 1. The summed E-state index contributed by atoms with van der Waals surface area (Å²) in [5.41, 5.74) is 1.69. The standard InChI is InChI=1S/C28H24ClF3N6O/c29-22-24(32)20(30)13-21-25(22)33-28(38(21)14-16-7-3-1-4-8-16)19-12-11-18(27-34-36-37-35-27)23(31)26(19)39-15-17-9-5-2-6-10-17/h2,5-6,9-13,16H,1,3-4,7-8,14-15H2,(H,34,35,36,37). The quantitative estimate of drug-likeness (QED) is 0.218. The lowest BCUT2D eigenvalue weighted by Crippen LogP contribution is -2.15. The number of halogens is 4. The van der Waals surface area contributed by atoms with Gasteiger partial charge in [0.05, 0.1) is 16.6 Å². The fourth-order valence-corrected chi connectivity index (χ4v) is 5.46. The van der Waals surface area contributed by atoms with E-state index >= 15 is 4.39 Å². The molecule has 1 aliphatic carbocycles. The summed E-state index contributed by atoms with van der Waals surface area (Å²) in [5, 5.41) is 13.3. The van der Waals surface area contributed by atoms with Gasteiger partial charge >= 0.3 is 0 Å². The Morgan fingerprint density at radius 1 is 0.974 bits per heavy atom. The van der Waals surface area contributed by atoms with E-state index in [0.717, 1.165) is 37.3 Å². The Morgan fingerprint density at radius 2 is 1.74 bits per heavy atom. The zero-order chi connectivity index (χ0) is 26.9. The van der Waals surface area contributed by atoms with Crippen LogP contribution in [0.5, 0.6) is 5.75 Å². The van der Waals surface area contributed by atoms with Crippen molar-refractivity contribution < 1.29 is 17.9 Å². The van der Waals surface area contributed by atoms with E-state index in [1.807, 2.05) is 30.3 Å². The van der Waals surface area contributed by atoms with E-state index < -0.39 is 22.5 Å². The first kappa shape index (κ1) is 25.4. The van der Waals surface area contributed by atoms with Gasteiger partial charge in [0.15, 0.2) is 23.2 Å². The third kappa shape index (κ3) is 4.85. The Kier molecular flexibility index (Phi) is 6.95. The summed E-state index contributed by atoms with van der Waals surface area (Å²) < 4.78 is 53.0. The molecule has 1 saturated carbocycles. The number of ether oxygens (including phenoxy) is 1. The van der Waals surface area contributed by atoms with E-state index in [1.54, 1.807) is 10.6 Å². The molecule has 0 saturated heterocycles. The van der Waals surface area contributed by atoms with E-state index in [2.05, 4.69) is 25.6 Å². The molecule has 0 unspecified atom stereocenters. The molecule has 6 rings (SSSR count). The molecule has 7 nitrogen and oxygen atoms in total. The molecule has 5 aromatic rings. The topological polar surface area (TPSA) is 81.5 Å². The van der Waals surface area contributed by atoms with Crippen molar-refractivity contribution in [2.45, 2.75) is 45.3 Å². The zero-order valence-electron chi connectivity index (χ0n) is 20.8. The van der Waals surface area contributed by atoms with Crippen LogP contribution in [0.25, 0.3) is 33.8 Å². The first-order valence-corrected chi connectivity index (χ1v) is 13.2. The molecular formula is C28H24ClF3N6O. The summed E-state index contributed by atoms with van der Waals surface area (Å²) in [6, 6.07) is 13.6. The Bertz CT molecular complexity index is 1620. The predicted octanol–water partition coefficient (Wildman–Crippen LogP) is 7.11. The van der Waals surface area contributed by atoms with Crippen molar-refractivity contribution in [3.05, 3.63) is 76.6 Å². The van der Waals surface area contributed by atoms with Gasteiger partial charge in [-0.15, -0.1) is 10.2 Å². The molecule has 3 aromatic carbocycles. The van der Waals surface area contributed by atoms with E-state index in [1.165, 1.54) is 12.5 Å². The van der Waals surface area contributed by atoms with Crippen molar-refractivity contribution in [2.24, 2.45) is 5.92 Å². The Labute approximate surface area is 227 Å². The molecule has 0 spiro atoms. The number of hydrogen-bond acceptors (Lipinski definition) is 5. The van der Waals surface area contributed by atoms with Crippen LogP contribution in [0.1, 0.15) is 37.7 Å². The molecule has 11 heteroatoms. The highest BCUT2D eigenvalue weighted by Gasteiger charge is 2.27. The Hall–Kier alpha value is -3.92. The minimum absolute atomic E-state index is 0.0616. The normalized spacial score (nSPS) is 14.3. The first-order valence-electron chi connectivity index (χ1n) is 12.8. The number of hydrogen-bond donors (Lipinski definition) is 1. The second kappa shape index (κ2) is 10.7. The third-order valence-corrected chi connectivity index (χ3v) is 7.54. The zero-order valence-corrected chi connectivity index (χ0v) is 21.6. The van der Waals surface area contributed by atoms with Gasteiger partial charge in [0.2, 0.25) is 5.82 Å². The maximum Gasteiger partial charge on any atom is 0.207 e. The minimum Gasteiger partial charge on any atom is -0.485 e. The molecular weight excluding hydrogens is 529 g/mol. The van der Waals surface area contributed by atoms with Crippen LogP contribution < -0.4 is 4.74 Å². The van der Waals surface area contributed by atoms with Gasteiger partial charge in [0.1, 0.15) is 23.0 Å². The van der Waals surface area contributed by atoms with Crippen LogP contribution >= 0.6 is 11.6 Å². The molecule has 1 aliphatic rings. The maximum atomic E-state index is 16.1. The highest BCUT2D eigenvalue weighted by Crippen LogP contribution is 2.41. The van der Waals surface area contributed by atoms with Crippen molar-refractivity contribution in [3.63, 3.8) is 0 Å². The molecule has 200 valence electrons. The average Bonchev–Trinajstić information content (AvgIpc) is 3.61. The van der Waals surface area contributed by atoms with Gasteiger partial charge in [-0.05, 0) is 41.7 Å². The van der Waals surface area contributed by atoms with Crippen LogP contribution in [-0.2, 0) is 13.2 Å². The molecule has 0 radical (unpaired) electrons. The molecule has 0 amide bonds. The molecule has 0 atom stereocenters. The van der Waals surface area contributed by atoms with Crippen LogP contribution in [0.2, 0.25) is 5.02 Å². The number of H-pyrrole nitrogens is 1. The molecule has 1 N–H and O–H groups in total. The first-order chi connectivity index (χ1) is 19.0. The monoisotopic (exact) mass is 552 g/mol. The van der Waals surface area contributed by atoms with E-state index in [9.17, 15) is 8.78 Å². The van der Waals surface area contributed by atoms with Gasteiger partial charge in [-0.1, -0.05) is 61.2 Å². The molecule has 2 heterocycles. The second-order valence-corrected chi connectivity index (χ2v) is 10.1. The van der Waals surface area contributed by atoms with Gasteiger partial charge < -0.3 is 9.30 Å². The number of nitrogens with one attached hydrogen (secondary N) is 1. The van der Waals surface area contributed by atoms with Crippen molar-refractivity contribution in [1.29, 1.82) is 0 Å². The summed E-state index contributed by atoms with van der Waals surface area (Å²) in [6.07, 6.45) is 5.35. The van der Waals surface area contributed by atoms with Crippen LogP contribution in [0.4, 0.5) is 13.2 Å². The number of fused-ring (bicyclic) bond motifs is 1. The van der Waals surface area contributed by atoms with Gasteiger partial charge in [-0.25, -0.2) is 18.2 Å². The largest absolute Gasteiger partial charge is 0.485 e. The summed E-state index contributed by atoms with van der Waals surface area (Å²) >= 11 is 6.23. The Balaban J connectivity index is 1.54. The number of benzene rings is 3. The van der Waals surface area contributed by atoms with Gasteiger partial charge in [0, 0.05) is 12.6 Å². The van der Waals surface area contributed by atoms with Crippen molar-refractivity contribution in [3.8, 4) is 28.5 Å². The smallest absolute Gasteiger partial charge is 0.207 e. The lowest BCUT2D eigenvalue weighted by Gasteiger charge is -2.24. The van der Waals surface area contributed by atoms with E-state index in [-0.39, 0.29) is 29.3 Å². The van der Waals surface area contributed by atoms with Gasteiger partial charge in [0.25, 0.3) is 0 Å². The average molecular weight is 553 g/mol. The predicted molar refractivity (Wildman–Crippen MR) is 141 cm³/mol. The molecule has 2 aromatic heterocycles. The fourth-order valence-electron chi connectivity index (χ4n) is 5.24. The van der Waals surface area contributed by atoms with Crippen molar-refractivity contribution in [1.82, 2.24) is 30.2 Å². The van der Waals surface area contributed by atoms with Crippen molar-refractivity contribution >= 4 is 22.6 Å². The molecule has 39 heavy (non-hydrogen) atoms. The highest BCUT2D eigenvalue weighted by molar-refractivity contribution is 6.35. The minimum atomic E-state index is -1.17. The highest BCUT2D eigenvalue weighted by atomic mass is 35.5. The molecule has 0 bridgehead atoms. The Morgan fingerprint density at radius 3 is 2.49 bits per heavy atom. The summed E-state index contributed by atoms with van der Waals surface area (Å²) in [5.74, 6) is -2.35. The van der Waals surface area contributed by atoms with E-state index in [0.29, 0.717) is 29.4 Å². The summed E-state index contributed by atoms with van der Waals surface area (Å²) in [7, 11) is 0. The number of nitrogens with zero attached hydrogens (tertiary/aromatic N) is 5. The third-order valence-electron chi connectivity index (χ3n) is 7.20. The second-order valence-electron chi connectivity index (χ2n) is 9.72. The van der Waals surface area contributed by atoms with Gasteiger partial charge in [-0.3, -0.25) is 0 Å². The molecule has 1 fully saturated rings. The van der Waals surface area contributed by atoms with Gasteiger partial charge in [-0.2, -0.15) is 5.21 Å². The number of aromatic amines is 1. The van der Waals surface area contributed by atoms with Crippen LogP contribution in [0.3, 0.4) is 0 Å². The lowest BCUT2D eigenvalue weighted by molar-refractivity contribution is 0.291. The number of tetrazole rings is 1. The molecule has 0 aliphatic heterocycles. The van der Waals surface area contributed by atoms with Crippen molar-refractivity contribution in [2.75, 3.05) is 0 Å². The summed E-state index contributed by atoms with van der Waals surface area (Å²) in [6.45, 7) is 0.576. The fraction of sp³-hybridized carbons (Fsp3) is 0.286. The maximum absolute atomic E-state index is 16.1. The summed E-state index contributed by atoms with van der Waals surface area (Å²) in [4.78, 5) is 4.63. The number of aromatic nitrogens is 6. The van der Waals surface area contributed by atoms with Crippen LogP contribution in [0, 0.1) is 23.4 Å². The lowest BCUT2D eigenvalue weighted by atomic mass is 9.89. The number of rotatable bonds is 7. The SMILES string of the molecule is Fc1cc2c(nc(-c3ccc(-c4nn[nH]n4)c(F)c3OCc3ccccc3)n2CC2CCCCC2)c(Cl)c1F. The van der Waals surface area contributed by atoms with Crippen LogP contribution in [-0.4, -0.2) is 30.2 Å².